The molecule has 3 nitrogen and oxygen atoms in total. The molecule has 0 saturated carbocycles. The van der Waals surface area contributed by atoms with Crippen molar-refractivity contribution in [2.24, 2.45) is 5.41 Å². The van der Waals surface area contributed by atoms with Crippen LogP contribution in [0.2, 0.25) is 0 Å². The van der Waals surface area contributed by atoms with Gasteiger partial charge in [0.15, 0.2) is 0 Å². The van der Waals surface area contributed by atoms with E-state index in [9.17, 15) is 0 Å². The Labute approximate surface area is 98.2 Å². The molecule has 1 atom stereocenters. The van der Waals surface area contributed by atoms with Gasteiger partial charge in [-0.15, -0.1) is 0 Å². The maximum absolute atomic E-state index is 4.68. The third-order valence-electron chi connectivity index (χ3n) is 4.01. The Kier molecular flexibility index (Phi) is 3.33. The highest BCUT2D eigenvalue weighted by Crippen LogP contribution is 2.30. The SMILES string of the molecule is CCC(C)n1ccc(CC2(CC)CNC2)n1. The van der Waals surface area contributed by atoms with Crippen molar-refractivity contribution in [3.8, 4) is 0 Å². The summed E-state index contributed by atoms with van der Waals surface area (Å²) in [5.41, 5.74) is 1.73. The Morgan fingerprint density at radius 3 is 2.75 bits per heavy atom. The molecule has 1 aromatic rings. The van der Waals surface area contributed by atoms with Gasteiger partial charge < -0.3 is 5.32 Å². The van der Waals surface area contributed by atoms with Crippen molar-refractivity contribution in [1.29, 1.82) is 0 Å². The molecule has 1 fully saturated rings. The second-order valence-corrected chi connectivity index (χ2v) is 5.18. The molecule has 1 aromatic heterocycles. The van der Waals surface area contributed by atoms with E-state index < -0.39 is 0 Å². The molecule has 3 heteroatoms. The van der Waals surface area contributed by atoms with E-state index in [2.05, 4.69) is 48.1 Å². The number of nitrogens with one attached hydrogen (secondary N) is 1. The van der Waals surface area contributed by atoms with Crippen LogP contribution in [0, 0.1) is 5.41 Å². The molecule has 90 valence electrons. The van der Waals surface area contributed by atoms with Crippen molar-refractivity contribution in [2.75, 3.05) is 13.1 Å². The number of hydrogen-bond donors (Lipinski definition) is 1. The van der Waals surface area contributed by atoms with Crippen LogP contribution in [0.3, 0.4) is 0 Å². The molecule has 1 unspecified atom stereocenters. The van der Waals surface area contributed by atoms with Gasteiger partial charge in [0.2, 0.25) is 0 Å². The van der Waals surface area contributed by atoms with E-state index in [0.29, 0.717) is 11.5 Å². The van der Waals surface area contributed by atoms with Crippen molar-refractivity contribution in [1.82, 2.24) is 15.1 Å². The summed E-state index contributed by atoms with van der Waals surface area (Å²) < 4.78 is 2.10. The van der Waals surface area contributed by atoms with Gasteiger partial charge >= 0.3 is 0 Å². The summed E-state index contributed by atoms with van der Waals surface area (Å²) in [5, 5.41) is 8.06. The Morgan fingerprint density at radius 2 is 2.25 bits per heavy atom. The van der Waals surface area contributed by atoms with E-state index in [1.54, 1.807) is 0 Å². The van der Waals surface area contributed by atoms with Gasteiger partial charge in [0, 0.05) is 30.7 Å². The zero-order valence-corrected chi connectivity index (χ0v) is 10.7. The Morgan fingerprint density at radius 1 is 1.50 bits per heavy atom. The molecule has 2 rings (SSSR count). The molecule has 2 heterocycles. The van der Waals surface area contributed by atoms with Gasteiger partial charge in [-0.2, -0.15) is 5.10 Å². The molecule has 0 aromatic carbocycles. The molecule has 1 N–H and O–H groups in total. The van der Waals surface area contributed by atoms with E-state index >= 15 is 0 Å². The van der Waals surface area contributed by atoms with Crippen LogP contribution in [0.15, 0.2) is 12.3 Å². The average molecular weight is 221 g/mol. The largest absolute Gasteiger partial charge is 0.316 e. The lowest BCUT2D eigenvalue weighted by atomic mass is 9.75. The van der Waals surface area contributed by atoms with Gasteiger partial charge in [0.25, 0.3) is 0 Å². The highest BCUT2D eigenvalue weighted by atomic mass is 15.3. The highest BCUT2D eigenvalue weighted by Gasteiger charge is 2.35. The van der Waals surface area contributed by atoms with Gasteiger partial charge in [0.1, 0.15) is 0 Å². The second kappa shape index (κ2) is 4.58. The number of hydrogen-bond acceptors (Lipinski definition) is 2. The Hall–Kier alpha value is -0.830. The average Bonchev–Trinajstić information content (AvgIpc) is 2.70. The first-order chi connectivity index (χ1) is 7.69. The second-order valence-electron chi connectivity index (χ2n) is 5.18. The summed E-state index contributed by atoms with van der Waals surface area (Å²) in [7, 11) is 0. The minimum atomic E-state index is 0.481. The Balaban J connectivity index is 2.02. The molecular formula is C13H23N3. The van der Waals surface area contributed by atoms with Gasteiger partial charge in [0.05, 0.1) is 5.69 Å². The Bertz CT molecular complexity index is 333. The lowest BCUT2D eigenvalue weighted by Crippen LogP contribution is -2.54. The van der Waals surface area contributed by atoms with Gasteiger partial charge in [-0.25, -0.2) is 0 Å². The molecule has 0 amide bonds. The molecule has 1 aliphatic rings. The molecule has 0 spiro atoms. The van der Waals surface area contributed by atoms with E-state index in [1.165, 1.54) is 12.1 Å². The van der Waals surface area contributed by atoms with Crippen LogP contribution in [0.25, 0.3) is 0 Å². The predicted octanol–water partition coefficient (Wildman–Crippen LogP) is 2.40. The summed E-state index contributed by atoms with van der Waals surface area (Å²) in [6.45, 7) is 9.01. The van der Waals surface area contributed by atoms with E-state index in [-0.39, 0.29) is 0 Å². The minimum absolute atomic E-state index is 0.481. The van der Waals surface area contributed by atoms with Crippen LogP contribution < -0.4 is 5.32 Å². The first-order valence-electron chi connectivity index (χ1n) is 6.44. The molecule has 0 aliphatic carbocycles. The topological polar surface area (TPSA) is 29.9 Å². The third kappa shape index (κ3) is 2.14. The lowest BCUT2D eigenvalue weighted by molar-refractivity contribution is 0.158. The molecular weight excluding hydrogens is 198 g/mol. The van der Waals surface area contributed by atoms with Crippen molar-refractivity contribution in [3.05, 3.63) is 18.0 Å². The fourth-order valence-electron chi connectivity index (χ4n) is 2.27. The third-order valence-corrected chi connectivity index (χ3v) is 4.01. The minimum Gasteiger partial charge on any atom is -0.316 e. The number of rotatable bonds is 5. The smallest absolute Gasteiger partial charge is 0.0631 e. The highest BCUT2D eigenvalue weighted by molar-refractivity contribution is 5.07. The predicted molar refractivity (Wildman–Crippen MR) is 66.5 cm³/mol. The van der Waals surface area contributed by atoms with E-state index in [0.717, 1.165) is 25.9 Å². The fraction of sp³-hybridized carbons (Fsp3) is 0.769. The summed E-state index contributed by atoms with van der Waals surface area (Å²) >= 11 is 0. The van der Waals surface area contributed by atoms with Crippen LogP contribution in [0.4, 0.5) is 0 Å². The lowest BCUT2D eigenvalue weighted by Gasteiger charge is -2.41. The first-order valence-corrected chi connectivity index (χ1v) is 6.44. The van der Waals surface area contributed by atoms with Crippen LogP contribution in [0.1, 0.15) is 45.3 Å². The molecule has 0 radical (unpaired) electrons. The summed E-state index contributed by atoms with van der Waals surface area (Å²) in [6, 6.07) is 2.70. The summed E-state index contributed by atoms with van der Waals surface area (Å²) in [6.07, 6.45) is 5.64. The molecule has 1 saturated heterocycles. The maximum Gasteiger partial charge on any atom is 0.0631 e. The van der Waals surface area contributed by atoms with E-state index in [4.69, 9.17) is 0 Å². The maximum atomic E-state index is 4.68. The van der Waals surface area contributed by atoms with Crippen molar-refractivity contribution >= 4 is 0 Å². The van der Waals surface area contributed by atoms with Gasteiger partial charge in [-0.05, 0) is 32.3 Å². The van der Waals surface area contributed by atoms with Crippen LogP contribution >= 0.6 is 0 Å². The normalized spacial score (nSPS) is 20.4. The van der Waals surface area contributed by atoms with Crippen LogP contribution in [0.5, 0.6) is 0 Å². The zero-order valence-electron chi connectivity index (χ0n) is 10.7. The van der Waals surface area contributed by atoms with E-state index in [1.807, 2.05) is 0 Å². The number of aromatic nitrogens is 2. The standard InChI is InChI=1S/C13H23N3/c1-4-11(3)16-7-6-12(15-16)8-13(5-2)9-14-10-13/h6-7,11,14H,4-5,8-10H2,1-3H3. The zero-order chi connectivity index (χ0) is 11.6. The van der Waals surface area contributed by atoms with Gasteiger partial charge in [-0.3, -0.25) is 4.68 Å². The monoisotopic (exact) mass is 221 g/mol. The number of nitrogens with zero attached hydrogens (tertiary/aromatic N) is 2. The summed E-state index contributed by atoms with van der Waals surface area (Å²) in [5.74, 6) is 0. The first kappa shape index (κ1) is 11.6. The molecule has 1 aliphatic heterocycles. The van der Waals surface area contributed by atoms with Crippen molar-refractivity contribution in [3.63, 3.8) is 0 Å². The summed E-state index contributed by atoms with van der Waals surface area (Å²) in [4.78, 5) is 0. The van der Waals surface area contributed by atoms with Crippen molar-refractivity contribution < 1.29 is 0 Å². The fourth-order valence-corrected chi connectivity index (χ4v) is 2.27. The van der Waals surface area contributed by atoms with Crippen LogP contribution in [-0.2, 0) is 6.42 Å². The van der Waals surface area contributed by atoms with Crippen molar-refractivity contribution in [2.45, 2.75) is 46.1 Å². The molecule has 16 heavy (non-hydrogen) atoms. The quantitative estimate of drug-likeness (QED) is 0.827. The van der Waals surface area contributed by atoms with Gasteiger partial charge in [-0.1, -0.05) is 13.8 Å². The molecule has 0 bridgehead atoms. The van der Waals surface area contributed by atoms with Crippen LogP contribution in [-0.4, -0.2) is 22.9 Å².